The van der Waals surface area contributed by atoms with Crippen LogP contribution < -0.4 is 16.4 Å². The maximum absolute atomic E-state index is 11.4. The lowest BCUT2D eigenvalue weighted by molar-refractivity contribution is 0.100. The maximum Gasteiger partial charge on any atom is 0.252 e. The molecule has 0 saturated heterocycles. The second kappa shape index (κ2) is 5.52. The van der Waals surface area contributed by atoms with E-state index in [0.717, 1.165) is 12.8 Å². The van der Waals surface area contributed by atoms with Crippen molar-refractivity contribution >= 4 is 17.4 Å². The van der Waals surface area contributed by atoms with E-state index in [4.69, 9.17) is 11.5 Å². The van der Waals surface area contributed by atoms with Gasteiger partial charge in [0, 0.05) is 13.1 Å². The van der Waals surface area contributed by atoms with E-state index < -0.39 is 5.91 Å². The van der Waals surface area contributed by atoms with Gasteiger partial charge < -0.3 is 16.4 Å². The molecule has 0 aliphatic heterocycles. The van der Waals surface area contributed by atoms with Crippen molar-refractivity contribution in [1.29, 1.82) is 0 Å². The Morgan fingerprint density at radius 3 is 2.76 bits per heavy atom. The summed E-state index contributed by atoms with van der Waals surface area (Å²) in [5, 5.41) is 0. The summed E-state index contributed by atoms with van der Waals surface area (Å²) < 4.78 is 0. The van der Waals surface area contributed by atoms with Crippen LogP contribution >= 0.6 is 0 Å². The number of aromatic nitrogens is 1. The number of carbonyl (C=O) groups is 1. The smallest absolute Gasteiger partial charge is 0.252 e. The molecule has 0 radical (unpaired) electrons. The predicted molar refractivity (Wildman–Crippen MR) is 69.9 cm³/mol. The van der Waals surface area contributed by atoms with Crippen LogP contribution in [0.4, 0.5) is 11.5 Å². The number of pyridine rings is 1. The van der Waals surface area contributed by atoms with Crippen LogP contribution in [0, 0.1) is 0 Å². The molecule has 0 aliphatic carbocycles. The molecule has 1 aromatic heterocycles. The number of carbonyl (C=O) groups excluding carboxylic acids is 1. The van der Waals surface area contributed by atoms with Gasteiger partial charge in [0.15, 0.2) is 0 Å². The fraction of sp³-hybridized carbons (Fsp3) is 0.500. The van der Waals surface area contributed by atoms with Crippen LogP contribution in [-0.4, -0.2) is 24.0 Å². The minimum atomic E-state index is -0.504. The van der Waals surface area contributed by atoms with Crippen molar-refractivity contribution in [2.75, 3.05) is 17.7 Å². The van der Waals surface area contributed by atoms with E-state index in [9.17, 15) is 4.79 Å². The van der Waals surface area contributed by atoms with Gasteiger partial charge in [-0.3, -0.25) is 4.79 Å². The minimum Gasteiger partial charge on any atom is -0.397 e. The van der Waals surface area contributed by atoms with Gasteiger partial charge in [0.2, 0.25) is 0 Å². The van der Waals surface area contributed by atoms with Crippen LogP contribution in [-0.2, 0) is 0 Å². The van der Waals surface area contributed by atoms with Crippen molar-refractivity contribution < 1.29 is 4.79 Å². The summed E-state index contributed by atoms with van der Waals surface area (Å²) in [5.74, 6) is 0.0861. The average Bonchev–Trinajstić information content (AvgIpc) is 2.28. The quantitative estimate of drug-likeness (QED) is 0.809. The number of hydrogen-bond donors (Lipinski definition) is 2. The van der Waals surface area contributed by atoms with Gasteiger partial charge in [0.25, 0.3) is 5.91 Å². The summed E-state index contributed by atoms with van der Waals surface area (Å²) in [4.78, 5) is 17.5. The highest BCUT2D eigenvalue weighted by molar-refractivity contribution is 5.98. The van der Waals surface area contributed by atoms with Crippen molar-refractivity contribution in [2.45, 2.75) is 32.7 Å². The summed E-state index contributed by atoms with van der Waals surface area (Å²) in [7, 11) is 1.91. The molecule has 1 aromatic rings. The Kier molecular flexibility index (Phi) is 4.31. The monoisotopic (exact) mass is 236 g/mol. The average molecular weight is 236 g/mol. The van der Waals surface area contributed by atoms with E-state index in [0.29, 0.717) is 23.1 Å². The Morgan fingerprint density at radius 1 is 1.59 bits per heavy atom. The zero-order chi connectivity index (χ0) is 13.0. The van der Waals surface area contributed by atoms with Crippen molar-refractivity contribution in [3.05, 3.63) is 17.8 Å². The highest BCUT2D eigenvalue weighted by Gasteiger charge is 2.17. The lowest BCUT2D eigenvalue weighted by Gasteiger charge is -2.27. The van der Waals surface area contributed by atoms with Gasteiger partial charge in [-0.1, -0.05) is 13.3 Å². The van der Waals surface area contributed by atoms with Crippen molar-refractivity contribution in [2.24, 2.45) is 5.73 Å². The number of hydrogen-bond acceptors (Lipinski definition) is 4. The Balaban J connectivity index is 3.08. The van der Waals surface area contributed by atoms with Crippen LogP contribution in [0.2, 0.25) is 0 Å². The first-order valence-electron chi connectivity index (χ1n) is 5.75. The molecule has 0 spiro atoms. The van der Waals surface area contributed by atoms with E-state index >= 15 is 0 Å². The third-order valence-electron chi connectivity index (χ3n) is 2.85. The van der Waals surface area contributed by atoms with Crippen LogP contribution in [0.3, 0.4) is 0 Å². The van der Waals surface area contributed by atoms with E-state index in [1.165, 1.54) is 6.20 Å². The number of nitrogens with zero attached hydrogens (tertiary/aromatic N) is 2. The molecule has 1 amide bonds. The Morgan fingerprint density at radius 2 is 2.24 bits per heavy atom. The van der Waals surface area contributed by atoms with Crippen molar-refractivity contribution in [3.8, 4) is 0 Å². The van der Waals surface area contributed by atoms with Crippen molar-refractivity contribution in [1.82, 2.24) is 4.98 Å². The summed E-state index contributed by atoms with van der Waals surface area (Å²) in [6, 6.07) is 1.87. The van der Waals surface area contributed by atoms with E-state index in [-0.39, 0.29) is 0 Å². The fourth-order valence-electron chi connectivity index (χ4n) is 1.76. The van der Waals surface area contributed by atoms with E-state index in [2.05, 4.69) is 18.8 Å². The second-order valence-corrected chi connectivity index (χ2v) is 4.25. The van der Waals surface area contributed by atoms with Gasteiger partial charge in [-0.2, -0.15) is 0 Å². The highest BCUT2D eigenvalue weighted by atomic mass is 16.1. The molecule has 0 aliphatic rings. The maximum atomic E-state index is 11.4. The number of amides is 1. The summed E-state index contributed by atoms with van der Waals surface area (Å²) in [6.07, 6.45) is 3.64. The molecule has 1 heterocycles. The standard InChI is InChI=1S/C12H20N4O/c1-4-5-8(2)16(3)12-10(11(14)17)6-9(13)7-15-12/h6-8H,4-5,13H2,1-3H3,(H2,14,17). The van der Waals surface area contributed by atoms with E-state index in [1.54, 1.807) is 6.07 Å². The van der Waals surface area contributed by atoms with E-state index in [1.807, 2.05) is 11.9 Å². The first-order valence-corrected chi connectivity index (χ1v) is 5.75. The first kappa shape index (κ1) is 13.3. The zero-order valence-electron chi connectivity index (χ0n) is 10.6. The SMILES string of the molecule is CCCC(C)N(C)c1ncc(N)cc1C(N)=O. The molecule has 5 nitrogen and oxygen atoms in total. The lowest BCUT2D eigenvalue weighted by atomic mass is 10.1. The number of nitrogen functional groups attached to an aromatic ring is 1. The molecular formula is C12H20N4O. The topological polar surface area (TPSA) is 85.2 Å². The van der Waals surface area contributed by atoms with Crippen LogP contribution in [0.1, 0.15) is 37.0 Å². The molecule has 4 N–H and O–H groups in total. The molecule has 1 atom stereocenters. The van der Waals surface area contributed by atoms with Gasteiger partial charge in [-0.15, -0.1) is 0 Å². The zero-order valence-corrected chi connectivity index (χ0v) is 10.6. The lowest BCUT2D eigenvalue weighted by Crippen LogP contribution is -2.31. The normalized spacial score (nSPS) is 12.2. The molecule has 1 unspecified atom stereocenters. The van der Waals surface area contributed by atoms with Crippen molar-refractivity contribution in [3.63, 3.8) is 0 Å². The highest BCUT2D eigenvalue weighted by Crippen LogP contribution is 2.21. The van der Waals surface area contributed by atoms with Gasteiger partial charge >= 0.3 is 0 Å². The number of rotatable bonds is 5. The largest absolute Gasteiger partial charge is 0.397 e. The first-order chi connectivity index (χ1) is 7.97. The van der Waals surface area contributed by atoms with Gasteiger partial charge in [0.05, 0.1) is 17.4 Å². The number of nitrogens with two attached hydrogens (primary N) is 2. The van der Waals surface area contributed by atoms with Crippen LogP contribution in [0.25, 0.3) is 0 Å². The third-order valence-corrected chi connectivity index (χ3v) is 2.85. The summed E-state index contributed by atoms with van der Waals surface area (Å²) >= 11 is 0. The molecule has 94 valence electrons. The van der Waals surface area contributed by atoms with Gasteiger partial charge in [0.1, 0.15) is 5.82 Å². The second-order valence-electron chi connectivity index (χ2n) is 4.25. The molecule has 5 heteroatoms. The summed E-state index contributed by atoms with van der Waals surface area (Å²) in [6.45, 7) is 4.21. The summed E-state index contributed by atoms with van der Waals surface area (Å²) in [5.41, 5.74) is 11.8. The Bertz CT molecular complexity index is 405. The van der Waals surface area contributed by atoms with Gasteiger partial charge in [-0.25, -0.2) is 4.98 Å². The number of primary amides is 1. The molecule has 1 rings (SSSR count). The Hall–Kier alpha value is -1.78. The molecule has 0 aromatic carbocycles. The molecule has 0 fully saturated rings. The predicted octanol–water partition coefficient (Wildman–Crippen LogP) is 1.39. The van der Waals surface area contributed by atoms with Crippen LogP contribution in [0.5, 0.6) is 0 Å². The van der Waals surface area contributed by atoms with Gasteiger partial charge in [-0.05, 0) is 19.4 Å². The third kappa shape index (κ3) is 3.09. The number of anilines is 2. The molecule has 0 saturated carbocycles. The minimum absolute atomic E-state index is 0.300. The molecule has 17 heavy (non-hydrogen) atoms. The fourth-order valence-corrected chi connectivity index (χ4v) is 1.76. The van der Waals surface area contributed by atoms with Crippen LogP contribution in [0.15, 0.2) is 12.3 Å². The molecule has 0 bridgehead atoms. The Labute approximate surface area is 102 Å². The molecular weight excluding hydrogens is 216 g/mol.